The van der Waals surface area contributed by atoms with E-state index < -0.39 is 0 Å². The number of nitrogens with zero attached hydrogens (tertiary/aromatic N) is 1. The highest BCUT2D eigenvalue weighted by molar-refractivity contribution is 7.09. The molecule has 0 aliphatic heterocycles. The number of aromatic nitrogens is 1. The van der Waals surface area contributed by atoms with Gasteiger partial charge in [0.15, 0.2) is 0 Å². The Kier molecular flexibility index (Phi) is 3.88. The third-order valence-corrected chi connectivity index (χ3v) is 3.60. The van der Waals surface area contributed by atoms with Crippen LogP contribution in [0.3, 0.4) is 0 Å². The maximum Gasteiger partial charge on any atom is 0.0798 e. The van der Waals surface area contributed by atoms with Gasteiger partial charge in [-0.1, -0.05) is 20.3 Å². The third kappa shape index (κ3) is 2.29. The largest absolute Gasteiger partial charge is 0.312 e. The molecule has 0 aliphatic rings. The average Bonchev–Trinajstić information content (AvgIpc) is 2.53. The summed E-state index contributed by atoms with van der Waals surface area (Å²) in [6.45, 7) is 6.59. The maximum atomic E-state index is 4.28. The van der Waals surface area contributed by atoms with E-state index in [-0.39, 0.29) is 0 Å². The number of hydrogen-bond donors (Lipinski definition) is 1. The molecule has 0 amide bonds. The van der Waals surface area contributed by atoms with Crippen molar-refractivity contribution < 1.29 is 0 Å². The Morgan fingerprint density at radius 2 is 2.31 bits per heavy atom. The molecule has 0 aliphatic carbocycles. The first-order valence-electron chi connectivity index (χ1n) is 4.78. The number of aryl methyl sites for hydroxylation is 1. The van der Waals surface area contributed by atoms with Crippen molar-refractivity contribution in [2.45, 2.75) is 33.2 Å². The lowest BCUT2D eigenvalue weighted by Gasteiger charge is -2.21. The summed E-state index contributed by atoms with van der Waals surface area (Å²) in [5.41, 5.74) is 3.10. The van der Waals surface area contributed by atoms with Crippen molar-refractivity contribution in [2.75, 3.05) is 7.05 Å². The molecule has 1 rings (SSSR count). The summed E-state index contributed by atoms with van der Waals surface area (Å²) < 4.78 is 0. The van der Waals surface area contributed by atoms with Crippen LogP contribution in [0.1, 0.15) is 36.9 Å². The van der Waals surface area contributed by atoms with Crippen LogP contribution in [0.25, 0.3) is 0 Å². The maximum absolute atomic E-state index is 4.28. The summed E-state index contributed by atoms with van der Waals surface area (Å²) in [4.78, 5) is 5.67. The number of hydrogen-bond acceptors (Lipinski definition) is 3. The Bertz CT molecular complexity index is 257. The van der Waals surface area contributed by atoms with Gasteiger partial charge in [0.1, 0.15) is 0 Å². The predicted octanol–water partition coefficient (Wildman–Crippen LogP) is 2.76. The molecular weight excluding hydrogens is 180 g/mol. The lowest BCUT2D eigenvalue weighted by molar-refractivity contribution is 0.404. The molecule has 3 heteroatoms. The zero-order valence-electron chi connectivity index (χ0n) is 8.79. The van der Waals surface area contributed by atoms with E-state index in [1.165, 1.54) is 17.0 Å². The van der Waals surface area contributed by atoms with E-state index in [2.05, 4.69) is 31.1 Å². The van der Waals surface area contributed by atoms with Crippen molar-refractivity contribution in [2.24, 2.45) is 5.92 Å². The zero-order chi connectivity index (χ0) is 9.84. The minimum Gasteiger partial charge on any atom is -0.312 e. The number of thiazole rings is 1. The first-order valence-corrected chi connectivity index (χ1v) is 5.65. The number of rotatable bonds is 4. The fourth-order valence-electron chi connectivity index (χ4n) is 1.52. The van der Waals surface area contributed by atoms with Crippen molar-refractivity contribution in [3.63, 3.8) is 0 Å². The Morgan fingerprint density at radius 1 is 1.62 bits per heavy atom. The monoisotopic (exact) mass is 198 g/mol. The van der Waals surface area contributed by atoms with Crippen LogP contribution in [0.2, 0.25) is 0 Å². The Hall–Kier alpha value is -0.410. The summed E-state index contributed by atoms with van der Waals surface area (Å²) in [6.07, 6.45) is 1.20. The molecular formula is C10H18N2S. The smallest absolute Gasteiger partial charge is 0.0798 e. The molecule has 74 valence electrons. The Balaban J connectivity index is 2.84. The summed E-state index contributed by atoms with van der Waals surface area (Å²) in [7, 11) is 2.02. The first-order chi connectivity index (χ1) is 6.20. The van der Waals surface area contributed by atoms with Gasteiger partial charge in [-0.2, -0.15) is 0 Å². The molecule has 0 aromatic carbocycles. The molecule has 2 nitrogen and oxygen atoms in total. The quantitative estimate of drug-likeness (QED) is 0.804. The fourth-order valence-corrected chi connectivity index (χ4v) is 2.56. The van der Waals surface area contributed by atoms with Crippen molar-refractivity contribution in [1.82, 2.24) is 10.3 Å². The minimum absolute atomic E-state index is 0.470. The van der Waals surface area contributed by atoms with E-state index in [0.717, 1.165) is 0 Å². The first kappa shape index (κ1) is 10.7. The minimum atomic E-state index is 0.470. The predicted molar refractivity (Wildman–Crippen MR) is 58.1 cm³/mol. The molecule has 2 unspecified atom stereocenters. The molecule has 0 saturated heterocycles. The van der Waals surface area contributed by atoms with E-state index in [1.807, 2.05) is 12.6 Å². The summed E-state index contributed by atoms with van der Waals surface area (Å²) in [5.74, 6) is 0.671. The van der Waals surface area contributed by atoms with Crippen LogP contribution in [0.4, 0.5) is 0 Å². The van der Waals surface area contributed by atoms with Gasteiger partial charge >= 0.3 is 0 Å². The highest BCUT2D eigenvalue weighted by Crippen LogP contribution is 2.28. The van der Waals surface area contributed by atoms with E-state index in [4.69, 9.17) is 0 Å². The fraction of sp³-hybridized carbons (Fsp3) is 0.700. The third-order valence-electron chi connectivity index (χ3n) is 2.59. The van der Waals surface area contributed by atoms with E-state index >= 15 is 0 Å². The topological polar surface area (TPSA) is 24.9 Å². The number of nitrogens with one attached hydrogen (secondary N) is 1. The molecule has 1 aromatic heterocycles. The van der Waals surface area contributed by atoms with Crippen LogP contribution in [0.15, 0.2) is 5.51 Å². The molecule has 2 atom stereocenters. The molecule has 0 radical (unpaired) electrons. The van der Waals surface area contributed by atoms with Crippen LogP contribution < -0.4 is 5.32 Å². The molecule has 1 heterocycles. The molecule has 0 saturated carbocycles. The van der Waals surface area contributed by atoms with Gasteiger partial charge in [-0.25, -0.2) is 4.98 Å². The molecule has 0 fully saturated rings. The Morgan fingerprint density at radius 3 is 2.69 bits per heavy atom. The van der Waals surface area contributed by atoms with Gasteiger partial charge < -0.3 is 5.32 Å². The SMILES string of the molecule is CCC(C)C(NC)c1scnc1C. The van der Waals surface area contributed by atoms with Gasteiger partial charge in [-0.15, -0.1) is 11.3 Å². The van der Waals surface area contributed by atoms with Crippen LogP contribution in [0.5, 0.6) is 0 Å². The van der Waals surface area contributed by atoms with Crippen molar-refractivity contribution in [3.05, 3.63) is 16.1 Å². The van der Waals surface area contributed by atoms with Gasteiger partial charge in [0.2, 0.25) is 0 Å². The van der Waals surface area contributed by atoms with Crippen molar-refractivity contribution >= 4 is 11.3 Å². The van der Waals surface area contributed by atoms with Gasteiger partial charge in [-0.3, -0.25) is 0 Å². The summed E-state index contributed by atoms with van der Waals surface area (Å²) in [6, 6.07) is 0.470. The second-order valence-corrected chi connectivity index (χ2v) is 4.34. The highest BCUT2D eigenvalue weighted by atomic mass is 32.1. The lowest BCUT2D eigenvalue weighted by Crippen LogP contribution is -2.22. The second kappa shape index (κ2) is 4.72. The summed E-state index contributed by atoms with van der Waals surface area (Å²) in [5, 5.41) is 3.37. The Labute approximate surface area is 84.4 Å². The van der Waals surface area contributed by atoms with Crippen LogP contribution in [0, 0.1) is 12.8 Å². The molecule has 0 bridgehead atoms. The molecule has 1 aromatic rings. The van der Waals surface area contributed by atoms with E-state index in [9.17, 15) is 0 Å². The van der Waals surface area contributed by atoms with E-state index in [1.54, 1.807) is 11.3 Å². The van der Waals surface area contributed by atoms with Gasteiger partial charge in [-0.05, 0) is 19.9 Å². The molecule has 1 N–H and O–H groups in total. The summed E-state index contributed by atoms with van der Waals surface area (Å²) >= 11 is 1.75. The van der Waals surface area contributed by atoms with Crippen LogP contribution in [-0.2, 0) is 0 Å². The molecule has 0 spiro atoms. The van der Waals surface area contributed by atoms with E-state index in [0.29, 0.717) is 12.0 Å². The normalized spacial score (nSPS) is 15.7. The van der Waals surface area contributed by atoms with Crippen LogP contribution in [-0.4, -0.2) is 12.0 Å². The standard InChI is InChI=1S/C10H18N2S/c1-5-7(2)9(11-4)10-8(3)12-6-13-10/h6-7,9,11H,5H2,1-4H3. The van der Waals surface area contributed by atoms with Crippen molar-refractivity contribution in [1.29, 1.82) is 0 Å². The van der Waals surface area contributed by atoms with Crippen LogP contribution >= 0.6 is 11.3 Å². The highest BCUT2D eigenvalue weighted by Gasteiger charge is 2.19. The lowest BCUT2D eigenvalue weighted by atomic mass is 9.97. The second-order valence-electron chi connectivity index (χ2n) is 3.45. The van der Waals surface area contributed by atoms with Crippen molar-refractivity contribution in [3.8, 4) is 0 Å². The average molecular weight is 198 g/mol. The van der Waals surface area contributed by atoms with Gasteiger partial charge in [0, 0.05) is 10.9 Å². The molecule has 13 heavy (non-hydrogen) atoms. The zero-order valence-corrected chi connectivity index (χ0v) is 9.61. The van der Waals surface area contributed by atoms with Gasteiger partial charge in [0.25, 0.3) is 0 Å². The van der Waals surface area contributed by atoms with Gasteiger partial charge in [0.05, 0.1) is 11.2 Å².